The lowest BCUT2D eigenvalue weighted by Crippen LogP contribution is -2.22. The normalized spacial score (nSPS) is 23.9. The summed E-state index contributed by atoms with van der Waals surface area (Å²) in [5.74, 6) is 1.13. The molecule has 0 amide bonds. The molecule has 1 aliphatic heterocycles. The quantitative estimate of drug-likeness (QED) is 0.853. The third-order valence-electron chi connectivity index (χ3n) is 4.51. The first-order chi connectivity index (χ1) is 9.42. The largest absolute Gasteiger partial charge is 0.367 e. The topological polar surface area (TPSA) is 37.0 Å². The Morgan fingerprint density at radius 3 is 2.89 bits per heavy atom. The van der Waals surface area contributed by atoms with E-state index in [4.69, 9.17) is 0 Å². The Hall–Kier alpha value is -1.09. The van der Waals surface area contributed by atoms with Gasteiger partial charge in [-0.25, -0.2) is 4.98 Å². The molecule has 1 aromatic rings. The fourth-order valence-corrected chi connectivity index (χ4v) is 3.37. The van der Waals surface area contributed by atoms with Gasteiger partial charge in [-0.05, 0) is 56.7 Å². The summed E-state index contributed by atoms with van der Waals surface area (Å²) in [6.45, 7) is 1.20. The number of anilines is 1. The average Bonchev–Trinajstić information content (AvgIpc) is 3.10. The molecular weight excluding hydrogens is 234 g/mol. The highest BCUT2D eigenvalue weighted by molar-refractivity contribution is 5.44. The van der Waals surface area contributed by atoms with E-state index in [-0.39, 0.29) is 0 Å². The third-order valence-corrected chi connectivity index (χ3v) is 4.51. The van der Waals surface area contributed by atoms with Crippen molar-refractivity contribution in [2.24, 2.45) is 0 Å². The zero-order chi connectivity index (χ0) is 12.9. The van der Waals surface area contributed by atoms with Crippen LogP contribution >= 0.6 is 0 Å². The number of pyridine rings is 1. The fraction of sp³-hybridized carbons (Fsp3) is 0.688. The van der Waals surface area contributed by atoms with E-state index >= 15 is 0 Å². The molecule has 19 heavy (non-hydrogen) atoms. The minimum absolute atomic E-state index is 0.651. The number of hydrogen-bond donors (Lipinski definition) is 2. The lowest BCUT2D eigenvalue weighted by molar-refractivity contribution is 0.559. The van der Waals surface area contributed by atoms with Gasteiger partial charge in [-0.15, -0.1) is 0 Å². The zero-order valence-corrected chi connectivity index (χ0v) is 11.7. The second kappa shape index (κ2) is 6.38. The molecule has 3 rings (SSSR count). The molecule has 0 radical (unpaired) electrons. The van der Waals surface area contributed by atoms with Crippen LogP contribution in [-0.4, -0.2) is 23.6 Å². The van der Waals surface area contributed by atoms with Crippen molar-refractivity contribution < 1.29 is 0 Å². The lowest BCUT2D eigenvalue weighted by Gasteiger charge is -2.17. The molecule has 1 unspecified atom stereocenters. The summed E-state index contributed by atoms with van der Waals surface area (Å²) in [5.41, 5.74) is 1.39. The van der Waals surface area contributed by atoms with Crippen LogP contribution in [0.15, 0.2) is 18.3 Å². The second-order valence-electron chi connectivity index (χ2n) is 5.97. The van der Waals surface area contributed by atoms with Crippen LogP contribution in [0.1, 0.15) is 50.5 Å². The Labute approximate surface area is 116 Å². The van der Waals surface area contributed by atoms with Crippen molar-refractivity contribution in [1.82, 2.24) is 10.3 Å². The van der Waals surface area contributed by atoms with Crippen molar-refractivity contribution in [1.29, 1.82) is 0 Å². The summed E-state index contributed by atoms with van der Waals surface area (Å²) >= 11 is 0. The standard InChI is InChI=1S/C16H25N3/c1-2-7-15(6-1)19-16-13(5-3-12-18-16)9-10-14-8-4-11-17-14/h3,5,12,14-15,17H,1-2,4,6-11H2,(H,18,19). The molecule has 0 spiro atoms. The molecule has 1 saturated carbocycles. The van der Waals surface area contributed by atoms with Gasteiger partial charge in [0.2, 0.25) is 0 Å². The number of aryl methyl sites for hydroxylation is 1. The summed E-state index contributed by atoms with van der Waals surface area (Å²) in [7, 11) is 0. The van der Waals surface area contributed by atoms with Crippen LogP contribution in [0.5, 0.6) is 0 Å². The van der Waals surface area contributed by atoms with Gasteiger partial charge in [0, 0.05) is 18.3 Å². The molecule has 0 aromatic carbocycles. The van der Waals surface area contributed by atoms with Crippen molar-refractivity contribution in [2.75, 3.05) is 11.9 Å². The minimum atomic E-state index is 0.651. The molecule has 2 heterocycles. The van der Waals surface area contributed by atoms with E-state index in [1.807, 2.05) is 6.20 Å². The third kappa shape index (κ3) is 3.47. The SMILES string of the molecule is c1cnc(NC2CCCC2)c(CCC2CCCN2)c1. The fourth-order valence-electron chi connectivity index (χ4n) is 3.37. The number of hydrogen-bond acceptors (Lipinski definition) is 3. The van der Waals surface area contributed by atoms with Crippen molar-refractivity contribution in [3.63, 3.8) is 0 Å². The van der Waals surface area contributed by atoms with Crippen molar-refractivity contribution >= 4 is 5.82 Å². The minimum Gasteiger partial charge on any atom is -0.367 e. The van der Waals surface area contributed by atoms with Crippen molar-refractivity contribution in [2.45, 2.75) is 63.5 Å². The Morgan fingerprint density at radius 1 is 1.21 bits per heavy atom. The second-order valence-corrected chi connectivity index (χ2v) is 5.97. The highest BCUT2D eigenvalue weighted by Crippen LogP contribution is 2.24. The van der Waals surface area contributed by atoms with E-state index in [2.05, 4.69) is 27.8 Å². The summed E-state index contributed by atoms with van der Waals surface area (Å²) in [6, 6.07) is 5.68. The van der Waals surface area contributed by atoms with Gasteiger partial charge < -0.3 is 10.6 Å². The Balaban J connectivity index is 1.59. The van der Waals surface area contributed by atoms with E-state index in [1.54, 1.807) is 0 Å². The van der Waals surface area contributed by atoms with Gasteiger partial charge in [-0.1, -0.05) is 18.9 Å². The van der Waals surface area contributed by atoms with Crippen molar-refractivity contribution in [3.05, 3.63) is 23.9 Å². The molecule has 1 aliphatic carbocycles. The van der Waals surface area contributed by atoms with Crippen LogP contribution in [0.2, 0.25) is 0 Å². The Kier molecular flexibility index (Phi) is 4.34. The highest BCUT2D eigenvalue weighted by atomic mass is 15.0. The molecular formula is C16H25N3. The van der Waals surface area contributed by atoms with Crippen LogP contribution < -0.4 is 10.6 Å². The van der Waals surface area contributed by atoms with E-state index < -0.39 is 0 Å². The molecule has 2 N–H and O–H groups in total. The molecule has 2 aliphatic rings. The van der Waals surface area contributed by atoms with Gasteiger partial charge >= 0.3 is 0 Å². The van der Waals surface area contributed by atoms with E-state index in [9.17, 15) is 0 Å². The van der Waals surface area contributed by atoms with E-state index in [0.29, 0.717) is 6.04 Å². The maximum atomic E-state index is 4.56. The molecule has 3 heteroatoms. The molecule has 1 saturated heterocycles. The monoisotopic (exact) mass is 259 g/mol. The van der Waals surface area contributed by atoms with Gasteiger partial charge in [0.05, 0.1) is 0 Å². The predicted molar refractivity (Wildman–Crippen MR) is 79.5 cm³/mol. The lowest BCUT2D eigenvalue weighted by atomic mass is 10.0. The van der Waals surface area contributed by atoms with Crippen LogP contribution in [0.4, 0.5) is 5.82 Å². The van der Waals surface area contributed by atoms with Gasteiger partial charge in [0.15, 0.2) is 0 Å². The molecule has 2 fully saturated rings. The van der Waals surface area contributed by atoms with E-state index in [0.717, 1.165) is 18.3 Å². The molecule has 1 atom stereocenters. The molecule has 3 nitrogen and oxygen atoms in total. The molecule has 1 aromatic heterocycles. The van der Waals surface area contributed by atoms with E-state index in [1.165, 1.54) is 57.1 Å². The molecule has 0 bridgehead atoms. The first kappa shape index (κ1) is 12.9. The summed E-state index contributed by atoms with van der Waals surface area (Å²) in [5, 5.41) is 7.23. The van der Waals surface area contributed by atoms with Crippen molar-refractivity contribution in [3.8, 4) is 0 Å². The Bertz CT molecular complexity index is 393. The summed E-state index contributed by atoms with van der Waals surface area (Å²) in [6.07, 6.45) is 12.3. The zero-order valence-electron chi connectivity index (χ0n) is 11.7. The number of rotatable bonds is 5. The maximum Gasteiger partial charge on any atom is 0.129 e. The molecule has 104 valence electrons. The number of nitrogens with zero attached hydrogens (tertiary/aromatic N) is 1. The van der Waals surface area contributed by atoms with Gasteiger partial charge in [-0.3, -0.25) is 0 Å². The summed E-state index contributed by atoms with van der Waals surface area (Å²) in [4.78, 5) is 4.56. The van der Waals surface area contributed by atoms with Gasteiger partial charge in [0.1, 0.15) is 5.82 Å². The van der Waals surface area contributed by atoms with Crippen LogP contribution in [0.3, 0.4) is 0 Å². The average molecular weight is 259 g/mol. The van der Waals surface area contributed by atoms with Crippen LogP contribution in [-0.2, 0) is 6.42 Å². The highest BCUT2D eigenvalue weighted by Gasteiger charge is 2.18. The van der Waals surface area contributed by atoms with Crippen LogP contribution in [0, 0.1) is 0 Å². The number of aromatic nitrogens is 1. The first-order valence-electron chi connectivity index (χ1n) is 7.85. The van der Waals surface area contributed by atoms with Gasteiger partial charge in [0.25, 0.3) is 0 Å². The Morgan fingerprint density at radius 2 is 2.11 bits per heavy atom. The smallest absolute Gasteiger partial charge is 0.129 e. The summed E-state index contributed by atoms with van der Waals surface area (Å²) < 4.78 is 0. The van der Waals surface area contributed by atoms with Gasteiger partial charge in [-0.2, -0.15) is 0 Å². The maximum absolute atomic E-state index is 4.56. The predicted octanol–water partition coefficient (Wildman–Crippen LogP) is 3.12. The first-order valence-corrected chi connectivity index (χ1v) is 7.85. The van der Waals surface area contributed by atoms with Crippen LogP contribution in [0.25, 0.3) is 0 Å². The number of nitrogens with one attached hydrogen (secondary N) is 2.